The van der Waals surface area contributed by atoms with Crippen LogP contribution in [0.2, 0.25) is 0 Å². The first kappa shape index (κ1) is 14.5. The molecular formula is C13H18N4O2S. The molecule has 108 valence electrons. The number of H-pyrrole nitrogens is 1. The van der Waals surface area contributed by atoms with Crippen LogP contribution in [0.1, 0.15) is 20.8 Å². The molecular weight excluding hydrogens is 276 g/mol. The van der Waals surface area contributed by atoms with E-state index in [-0.39, 0.29) is 0 Å². The lowest BCUT2D eigenvalue weighted by Crippen LogP contribution is -2.43. The molecule has 6 nitrogen and oxygen atoms in total. The van der Waals surface area contributed by atoms with Crippen molar-refractivity contribution in [2.75, 3.05) is 4.72 Å². The molecule has 0 unspecified atom stereocenters. The second-order valence-corrected chi connectivity index (χ2v) is 6.92. The highest BCUT2D eigenvalue weighted by atomic mass is 32.2. The Hall–Kier alpha value is -1.86. The van der Waals surface area contributed by atoms with Gasteiger partial charge in [-0.1, -0.05) is 12.1 Å². The van der Waals surface area contributed by atoms with E-state index in [1.807, 2.05) is 18.2 Å². The second-order valence-electron chi connectivity index (χ2n) is 5.51. The van der Waals surface area contributed by atoms with Gasteiger partial charge in [-0.3, -0.25) is 9.82 Å². The molecule has 3 N–H and O–H groups in total. The number of benzene rings is 1. The summed E-state index contributed by atoms with van der Waals surface area (Å²) in [5.41, 5.74) is 1.80. The molecule has 0 radical (unpaired) electrons. The fraction of sp³-hybridized carbons (Fsp3) is 0.308. The molecule has 0 amide bonds. The zero-order chi connectivity index (χ0) is 14.8. The van der Waals surface area contributed by atoms with Gasteiger partial charge >= 0.3 is 0 Å². The smallest absolute Gasteiger partial charge is 0.278 e. The average Bonchev–Trinajstić information content (AvgIpc) is 2.79. The Morgan fingerprint density at radius 2 is 1.75 bits per heavy atom. The maximum atomic E-state index is 11.9. The third-order valence-corrected chi connectivity index (χ3v) is 3.77. The minimum absolute atomic E-state index is 0.505. The first-order chi connectivity index (χ1) is 9.25. The van der Waals surface area contributed by atoms with Crippen LogP contribution in [-0.4, -0.2) is 24.2 Å². The van der Waals surface area contributed by atoms with E-state index in [2.05, 4.69) is 19.6 Å². The van der Waals surface area contributed by atoms with E-state index in [1.165, 1.54) is 0 Å². The standard InChI is InChI=1S/C13H18N4O2S/c1-13(2,3)17-20(18,19)16-11-6-4-10(5-7-11)12-8-9-14-15-12/h4-9,16-17H,1-3H3,(H,14,15). The van der Waals surface area contributed by atoms with E-state index in [0.29, 0.717) is 5.69 Å². The first-order valence-electron chi connectivity index (χ1n) is 6.17. The molecule has 2 rings (SSSR count). The lowest BCUT2D eigenvalue weighted by atomic mass is 10.1. The average molecular weight is 294 g/mol. The SMILES string of the molecule is CC(C)(C)NS(=O)(=O)Nc1ccc(-c2ccn[nH]2)cc1. The van der Waals surface area contributed by atoms with Gasteiger partial charge < -0.3 is 0 Å². The van der Waals surface area contributed by atoms with Gasteiger partial charge in [0.2, 0.25) is 0 Å². The highest BCUT2D eigenvalue weighted by Gasteiger charge is 2.19. The fourth-order valence-electron chi connectivity index (χ4n) is 1.72. The molecule has 0 aliphatic carbocycles. The number of anilines is 1. The highest BCUT2D eigenvalue weighted by molar-refractivity contribution is 7.90. The van der Waals surface area contributed by atoms with Crippen molar-refractivity contribution in [3.8, 4) is 11.3 Å². The molecule has 0 aliphatic heterocycles. The van der Waals surface area contributed by atoms with E-state index in [4.69, 9.17) is 0 Å². The van der Waals surface area contributed by atoms with Crippen LogP contribution >= 0.6 is 0 Å². The van der Waals surface area contributed by atoms with Crippen LogP contribution in [0, 0.1) is 0 Å². The Bertz CT molecular complexity index is 655. The molecule has 0 atom stereocenters. The third kappa shape index (κ3) is 4.07. The highest BCUT2D eigenvalue weighted by Crippen LogP contribution is 2.19. The molecule has 0 saturated heterocycles. The molecule has 0 fully saturated rings. The number of nitrogens with zero attached hydrogens (tertiary/aromatic N) is 1. The zero-order valence-corrected chi connectivity index (χ0v) is 12.5. The summed E-state index contributed by atoms with van der Waals surface area (Å²) >= 11 is 0. The maximum Gasteiger partial charge on any atom is 0.299 e. The zero-order valence-electron chi connectivity index (χ0n) is 11.6. The van der Waals surface area contributed by atoms with Crippen molar-refractivity contribution in [1.82, 2.24) is 14.9 Å². The molecule has 1 aromatic heterocycles. The van der Waals surface area contributed by atoms with Crippen LogP contribution in [0.25, 0.3) is 11.3 Å². The fourth-order valence-corrected chi connectivity index (χ4v) is 3.02. The van der Waals surface area contributed by atoms with Crippen LogP contribution in [0.3, 0.4) is 0 Å². The molecule has 0 saturated carbocycles. The van der Waals surface area contributed by atoms with Gasteiger partial charge in [0.25, 0.3) is 10.2 Å². The minimum atomic E-state index is -3.58. The van der Waals surface area contributed by atoms with Gasteiger partial charge in [-0.25, -0.2) is 0 Å². The summed E-state index contributed by atoms with van der Waals surface area (Å²) in [6.45, 7) is 5.36. The number of nitrogens with one attached hydrogen (secondary N) is 3. The third-order valence-electron chi connectivity index (χ3n) is 2.39. The Morgan fingerprint density at radius 3 is 2.25 bits per heavy atom. The van der Waals surface area contributed by atoms with Crippen molar-refractivity contribution in [3.05, 3.63) is 36.5 Å². The van der Waals surface area contributed by atoms with Crippen molar-refractivity contribution in [2.45, 2.75) is 26.3 Å². The van der Waals surface area contributed by atoms with Crippen LogP contribution in [-0.2, 0) is 10.2 Å². The van der Waals surface area contributed by atoms with Gasteiger partial charge in [0.05, 0.1) is 5.69 Å². The van der Waals surface area contributed by atoms with Gasteiger partial charge in [0, 0.05) is 17.4 Å². The Kier molecular flexibility index (Phi) is 3.82. The first-order valence-corrected chi connectivity index (χ1v) is 7.65. The summed E-state index contributed by atoms with van der Waals surface area (Å²) in [6, 6.07) is 8.90. The Morgan fingerprint density at radius 1 is 1.10 bits per heavy atom. The monoisotopic (exact) mass is 294 g/mol. The normalized spacial score (nSPS) is 12.3. The molecule has 2 aromatic rings. The second kappa shape index (κ2) is 5.26. The lowest BCUT2D eigenvalue weighted by molar-refractivity contribution is 0.494. The minimum Gasteiger partial charge on any atom is -0.278 e. The predicted molar refractivity (Wildman–Crippen MR) is 79.5 cm³/mol. The van der Waals surface area contributed by atoms with Crippen molar-refractivity contribution in [2.24, 2.45) is 0 Å². The molecule has 1 aromatic carbocycles. The maximum absolute atomic E-state index is 11.9. The summed E-state index contributed by atoms with van der Waals surface area (Å²) in [5, 5.41) is 6.73. The topological polar surface area (TPSA) is 86.9 Å². The number of hydrogen-bond donors (Lipinski definition) is 3. The van der Waals surface area contributed by atoms with Gasteiger partial charge in [-0.15, -0.1) is 0 Å². The quantitative estimate of drug-likeness (QED) is 0.807. The van der Waals surface area contributed by atoms with Gasteiger partial charge in [0.1, 0.15) is 0 Å². The van der Waals surface area contributed by atoms with E-state index < -0.39 is 15.7 Å². The van der Waals surface area contributed by atoms with E-state index >= 15 is 0 Å². The van der Waals surface area contributed by atoms with E-state index in [0.717, 1.165) is 11.3 Å². The summed E-state index contributed by atoms with van der Waals surface area (Å²) in [7, 11) is -3.58. The molecule has 7 heteroatoms. The lowest BCUT2D eigenvalue weighted by Gasteiger charge is -2.20. The van der Waals surface area contributed by atoms with E-state index in [9.17, 15) is 8.42 Å². The molecule has 0 bridgehead atoms. The van der Waals surface area contributed by atoms with Crippen LogP contribution in [0.15, 0.2) is 36.5 Å². The van der Waals surface area contributed by atoms with Crippen LogP contribution in [0.4, 0.5) is 5.69 Å². The van der Waals surface area contributed by atoms with Crippen LogP contribution in [0.5, 0.6) is 0 Å². The molecule has 0 aliphatic rings. The number of rotatable bonds is 4. The van der Waals surface area contributed by atoms with Crippen molar-refractivity contribution in [3.63, 3.8) is 0 Å². The molecule has 20 heavy (non-hydrogen) atoms. The van der Waals surface area contributed by atoms with Gasteiger partial charge in [0.15, 0.2) is 0 Å². The summed E-state index contributed by atoms with van der Waals surface area (Å²) in [6.07, 6.45) is 1.67. The van der Waals surface area contributed by atoms with Gasteiger partial charge in [-0.05, 0) is 44.5 Å². The number of aromatic nitrogens is 2. The molecule has 0 spiro atoms. The molecule has 1 heterocycles. The van der Waals surface area contributed by atoms with Crippen molar-refractivity contribution < 1.29 is 8.42 Å². The Balaban J connectivity index is 2.12. The summed E-state index contributed by atoms with van der Waals surface area (Å²) in [4.78, 5) is 0. The van der Waals surface area contributed by atoms with Gasteiger partial charge in [-0.2, -0.15) is 18.2 Å². The van der Waals surface area contributed by atoms with Crippen LogP contribution < -0.4 is 9.44 Å². The summed E-state index contributed by atoms with van der Waals surface area (Å²) in [5.74, 6) is 0. The summed E-state index contributed by atoms with van der Waals surface area (Å²) < 4.78 is 28.8. The Labute approximate surface area is 118 Å². The predicted octanol–water partition coefficient (Wildman–Crippen LogP) is 2.12. The van der Waals surface area contributed by atoms with E-state index in [1.54, 1.807) is 39.1 Å². The number of aromatic amines is 1. The largest absolute Gasteiger partial charge is 0.299 e. The van der Waals surface area contributed by atoms with Crippen molar-refractivity contribution >= 4 is 15.9 Å². The number of hydrogen-bond acceptors (Lipinski definition) is 3. The van der Waals surface area contributed by atoms with Crippen molar-refractivity contribution in [1.29, 1.82) is 0 Å².